The van der Waals surface area contributed by atoms with Crippen LogP contribution in [-0.2, 0) is 6.18 Å². The van der Waals surface area contributed by atoms with Gasteiger partial charge in [0.15, 0.2) is 0 Å². The summed E-state index contributed by atoms with van der Waals surface area (Å²) in [6, 6.07) is 57.1. The molecule has 0 saturated carbocycles. The van der Waals surface area contributed by atoms with E-state index in [1.807, 2.05) is 109 Å². The molecule has 0 bridgehead atoms. The second-order valence-corrected chi connectivity index (χ2v) is 14.6. The molecule has 5 nitrogen and oxygen atoms in total. The number of nitriles is 3. The molecule has 0 atom stereocenters. The van der Waals surface area contributed by atoms with Crippen molar-refractivity contribution in [1.29, 1.82) is 15.8 Å². The van der Waals surface area contributed by atoms with E-state index in [0.717, 1.165) is 43.8 Å². The molecule has 0 amide bonds. The molecule has 8 heteroatoms. The minimum atomic E-state index is -4.89. The van der Waals surface area contributed by atoms with E-state index in [1.165, 1.54) is 6.07 Å². The second kappa shape index (κ2) is 13.9. The van der Waals surface area contributed by atoms with Crippen molar-refractivity contribution in [1.82, 2.24) is 9.13 Å². The van der Waals surface area contributed by atoms with E-state index in [2.05, 4.69) is 18.2 Å². The molecule has 0 aliphatic rings. The molecule has 0 unspecified atom stereocenters. The summed E-state index contributed by atoms with van der Waals surface area (Å²) in [6.07, 6.45) is -4.89. The summed E-state index contributed by atoms with van der Waals surface area (Å²) in [5.41, 5.74) is 6.60. The normalized spacial score (nSPS) is 11.5. The van der Waals surface area contributed by atoms with Gasteiger partial charge >= 0.3 is 6.18 Å². The predicted octanol–water partition coefficient (Wildman–Crippen LogP) is 13.5. The Balaban J connectivity index is 1.35. The molecule has 0 saturated heterocycles. The zero-order valence-corrected chi connectivity index (χ0v) is 31.5. The number of hydrogen-bond donors (Lipinski definition) is 0. The van der Waals surface area contributed by atoms with Crippen molar-refractivity contribution in [2.75, 3.05) is 0 Å². The van der Waals surface area contributed by atoms with Crippen LogP contribution < -0.4 is 0 Å². The lowest BCUT2D eigenvalue weighted by Gasteiger charge is -2.24. The predicted molar refractivity (Wildman–Crippen MR) is 231 cm³/mol. The zero-order chi connectivity index (χ0) is 41.1. The molecule has 0 N–H and O–H groups in total. The van der Waals surface area contributed by atoms with E-state index in [1.54, 1.807) is 63.7 Å². The molecule has 0 radical (unpaired) electrons. The minimum Gasteiger partial charge on any atom is -0.309 e. The van der Waals surface area contributed by atoms with E-state index < -0.39 is 11.7 Å². The summed E-state index contributed by atoms with van der Waals surface area (Å²) in [4.78, 5) is 0. The zero-order valence-electron chi connectivity index (χ0n) is 31.5. The highest BCUT2D eigenvalue weighted by Gasteiger charge is 2.40. The van der Waals surface area contributed by atoms with Crippen LogP contribution in [0.15, 0.2) is 170 Å². The topological polar surface area (TPSA) is 81.2 Å². The van der Waals surface area contributed by atoms with Gasteiger partial charge in [-0.1, -0.05) is 103 Å². The van der Waals surface area contributed by atoms with Gasteiger partial charge < -0.3 is 9.13 Å². The number of hydrogen-bond acceptors (Lipinski definition) is 3. The third kappa shape index (κ3) is 5.77. The first kappa shape index (κ1) is 36.0. The molecule has 0 fully saturated rings. The third-order valence-corrected chi connectivity index (χ3v) is 11.2. The van der Waals surface area contributed by atoms with Gasteiger partial charge in [-0.25, -0.2) is 0 Å². The lowest BCUT2D eigenvalue weighted by atomic mass is 9.96. The Kier molecular flexibility index (Phi) is 8.35. The summed E-state index contributed by atoms with van der Waals surface area (Å²) < 4.78 is 53.3. The van der Waals surface area contributed by atoms with E-state index in [4.69, 9.17) is 0 Å². The maximum Gasteiger partial charge on any atom is 0.420 e. The minimum absolute atomic E-state index is 0.0601. The average molecular weight is 780 g/mol. The van der Waals surface area contributed by atoms with Crippen LogP contribution in [0.1, 0.15) is 22.3 Å². The first-order valence-electron chi connectivity index (χ1n) is 19.1. The van der Waals surface area contributed by atoms with Crippen molar-refractivity contribution in [2.24, 2.45) is 0 Å². The van der Waals surface area contributed by atoms with Gasteiger partial charge in [0.1, 0.15) is 5.56 Å². The monoisotopic (exact) mass is 779 g/mol. The molecule has 282 valence electrons. The number of alkyl halides is 3. The molecular weight excluding hydrogens is 752 g/mol. The molecular formula is C52H28F3N5. The maximum atomic E-state index is 16.6. The summed E-state index contributed by atoms with van der Waals surface area (Å²) in [6.45, 7) is 0. The lowest BCUT2D eigenvalue weighted by molar-refractivity contribution is -0.137. The van der Waals surface area contributed by atoms with Gasteiger partial charge in [0.25, 0.3) is 0 Å². The van der Waals surface area contributed by atoms with Crippen LogP contribution in [0.5, 0.6) is 0 Å². The summed E-state index contributed by atoms with van der Waals surface area (Å²) in [7, 11) is 0. The number of benzene rings is 8. The molecule has 10 rings (SSSR count). The number of para-hydroxylation sites is 2. The molecule has 0 aliphatic heterocycles. The van der Waals surface area contributed by atoms with Crippen LogP contribution in [0.25, 0.3) is 88.4 Å². The Bertz CT molecular complexity index is 3500. The summed E-state index contributed by atoms with van der Waals surface area (Å²) >= 11 is 0. The highest BCUT2D eigenvalue weighted by Crippen LogP contribution is 2.48. The van der Waals surface area contributed by atoms with Crippen molar-refractivity contribution in [3.8, 4) is 63.0 Å². The van der Waals surface area contributed by atoms with Crippen LogP contribution >= 0.6 is 0 Å². The van der Waals surface area contributed by atoms with E-state index in [-0.39, 0.29) is 11.4 Å². The molecule has 8 aromatic carbocycles. The fourth-order valence-electron chi connectivity index (χ4n) is 8.54. The molecule has 10 aromatic rings. The lowest BCUT2D eigenvalue weighted by Crippen LogP contribution is -2.17. The van der Waals surface area contributed by atoms with Crippen LogP contribution in [0.3, 0.4) is 0 Å². The van der Waals surface area contributed by atoms with Crippen LogP contribution in [0, 0.1) is 34.0 Å². The summed E-state index contributed by atoms with van der Waals surface area (Å²) in [5, 5.41) is 31.9. The largest absolute Gasteiger partial charge is 0.420 e. The Hall–Kier alpha value is -8.38. The highest BCUT2D eigenvalue weighted by atomic mass is 19.4. The average Bonchev–Trinajstić information content (AvgIpc) is 3.80. The fourth-order valence-corrected chi connectivity index (χ4v) is 8.54. The highest BCUT2D eigenvalue weighted by molar-refractivity contribution is 6.12. The van der Waals surface area contributed by atoms with Crippen LogP contribution in [0.4, 0.5) is 13.2 Å². The van der Waals surface area contributed by atoms with Crippen molar-refractivity contribution in [3.05, 3.63) is 192 Å². The first-order chi connectivity index (χ1) is 29.2. The Labute approximate surface area is 341 Å². The number of aromatic nitrogens is 2. The van der Waals surface area contributed by atoms with Gasteiger partial charge in [-0.2, -0.15) is 29.0 Å². The molecule has 60 heavy (non-hydrogen) atoms. The molecule has 0 aliphatic carbocycles. The maximum absolute atomic E-state index is 16.6. The van der Waals surface area contributed by atoms with Gasteiger partial charge in [-0.15, -0.1) is 0 Å². The first-order valence-corrected chi connectivity index (χ1v) is 19.1. The van der Waals surface area contributed by atoms with E-state index >= 15 is 13.2 Å². The number of nitrogens with zero attached hydrogens (tertiary/aromatic N) is 5. The molecule has 2 heterocycles. The van der Waals surface area contributed by atoms with Crippen LogP contribution in [-0.4, -0.2) is 9.13 Å². The standard InChI is InChI=1S/C52H28F3N5/c53-52(54,55)50-47(59-45-10-3-1-8-41(45)43-22-20-37(27-48(43)59)35-16-12-32(29-56)13-17-35)25-24-40(39-7-5-6-34(26-39)31-58)51(50)60-46-11-4-2-9-42(46)44-23-21-38(28-49(44)60)36-18-14-33(30-57)15-19-36/h1-28H. The van der Waals surface area contributed by atoms with Crippen molar-refractivity contribution >= 4 is 43.6 Å². The van der Waals surface area contributed by atoms with Gasteiger partial charge in [-0.05, 0) is 94.5 Å². The van der Waals surface area contributed by atoms with Crippen LogP contribution in [0.2, 0.25) is 0 Å². The third-order valence-electron chi connectivity index (χ3n) is 11.2. The summed E-state index contributed by atoms with van der Waals surface area (Å²) in [5.74, 6) is 0. The Morgan fingerprint density at radius 1 is 0.383 bits per heavy atom. The molecule has 0 spiro atoms. The van der Waals surface area contributed by atoms with Crippen molar-refractivity contribution < 1.29 is 13.2 Å². The fraction of sp³-hybridized carbons (Fsp3) is 0.0192. The number of rotatable bonds is 5. The van der Waals surface area contributed by atoms with E-state index in [0.29, 0.717) is 49.9 Å². The van der Waals surface area contributed by atoms with Gasteiger partial charge in [0.05, 0.1) is 68.3 Å². The number of fused-ring (bicyclic) bond motifs is 6. The van der Waals surface area contributed by atoms with E-state index in [9.17, 15) is 15.8 Å². The Morgan fingerprint density at radius 3 is 1.40 bits per heavy atom. The van der Waals surface area contributed by atoms with Gasteiger partial charge in [0.2, 0.25) is 0 Å². The quantitative estimate of drug-likeness (QED) is 0.174. The van der Waals surface area contributed by atoms with Crippen molar-refractivity contribution in [3.63, 3.8) is 0 Å². The smallest absolute Gasteiger partial charge is 0.309 e. The Morgan fingerprint density at radius 2 is 0.867 bits per heavy atom. The second-order valence-electron chi connectivity index (χ2n) is 14.6. The molecule has 2 aromatic heterocycles. The van der Waals surface area contributed by atoms with Gasteiger partial charge in [-0.3, -0.25) is 0 Å². The van der Waals surface area contributed by atoms with Crippen molar-refractivity contribution in [2.45, 2.75) is 6.18 Å². The van der Waals surface area contributed by atoms with Gasteiger partial charge in [0, 0.05) is 27.1 Å². The SMILES string of the molecule is N#Cc1ccc(-c2ccc3c4ccccc4n(-c4ccc(-c5cccc(C#N)c5)c(-n5c6ccccc6c6ccc(-c7ccc(C#N)cc7)cc65)c4C(F)(F)F)c3c2)cc1. The number of halogens is 3.